The number of nitrogens with zero attached hydrogens (tertiary/aromatic N) is 2. The Morgan fingerprint density at radius 2 is 2.06 bits per heavy atom. The van der Waals surface area contributed by atoms with Crippen LogP contribution in [0.3, 0.4) is 0 Å². The highest BCUT2D eigenvalue weighted by Gasteiger charge is 2.17. The maximum absolute atomic E-state index is 6.05. The molecule has 0 amide bonds. The average molecular weight is 240 g/mol. The maximum atomic E-state index is 6.05. The van der Waals surface area contributed by atoms with Gasteiger partial charge in [0, 0.05) is 29.2 Å². The summed E-state index contributed by atoms with van der Waals surface area (Å²) in [6, 6.07) is 6.26. The second-order valence-corrected chi connectivity index (χ2v) is 4.69. The van der Waals surface area contributed by atoms with Crippen molar-refractivity contribution < 1.29 is 0 Å². The largest absolute Gasteiger partial charge is 0.396 e. The third kappa shape index (κ3) is 1.35. The predicted molar refractivity (Wildman–Crippen MR) is 74.4 cm³/mol. The molecule has 2 aromatic heterocycles. The lowest BCUT2D eigenvalue weighted by atomic mass is 10.0. The minimum atomic E-state index is 0.713. The summed E-state index contributed by atoms with van der Waals surface area (Å²) >= 11 is 0. The second kappa shape index (κ2) is 3.63. The Balaban J connectivity index is 2.46. The van der Waals surface area contributed by atoms with Gasteiger partial charge in [-0.25, -0.2) is 0 Å². The second-order valence-electron chi connectivity index (χ2n) is 4.69. The van der Waals surface area contributed by atoms with E-state index in [2.05, 4.69) is 42.1 Å². The van der Waals surface area contributed by atoms with Gasteiger partial charge in [0.25, 0.3) is 0 Å². The number of rotatable bonds is 1. The molecule has 4 heteroatoms. The van der Waals surface area contributed by atoms with Crippen LogP contribution in [0.4, 0.5) is 5.69 Å². The number of H-pyrrole nitrogens is 1. The van der Waals surface area contributed by atoms with Crippen LogP contribution in [0.2, 0.25) is 0 Å². The first-order chi connectivity index (χ1) is 8.59. The predicted octanol–water partition coefficient (Wildman–Crippen LogP) is 2.77. The van der Waals surface area contributed by atoms with Gasteiger partial charge in [0.05, 0.1) is 17.6 Å². The number of nitrogens with two attached hydrogens (primary N) is 1. The van der Waals surface area contributed by atoms with Gasteiger partial charge < -0.3 is 10.7 Å². The number of fused-ring (bicyclic) bond motifs is 1. The SMILES string of the molecule is Cc1[nH]c2cccc(C)c2c1-c1c(N)cnn1C. The summed E-state index contributed by atoms with van der Waals surface area (Å²) in [5.74, 6) is 0. The van der Waals surface area contributed by atoms with Gasteiger partial charge in [0.2, 0.25) is 0 Å². The summed E-state index contributed by atoms with van der Waals surface area (Å²) in [5, 5.41) is 5.45. The number of aromatic amines is 1. The zero-order chi connectivity index (χ0) is 12.9. The zero-order valence-electron chi connectivity index (χ0n) is 10.8. The van der Waals surface area contributed by atoms with Crippen molar-refractivity contribution in [3.05, 3.63) is 35.7 Å². The number of nitrogens with one attached hydrogen (secondary N) is 1. The lowest BCUT2D eigenvalue weighted by Gasteiger charge is -2.06. The number of anilines is 1. The fourth-order valence-electron chi connectivity index (χ4n) is 2.61. The van der Waals surface area contributed by atoms with Crippen LogP contribution in [0.15, 0.2) is 24.4 Å². The van der Waals surface area contributed by atoms with Gasteiger partial charge in [-0.1, -0.05) is 12.1 Å². The van der Waals surface area contributed by atoms with E-state index >= 15 is 0 Å². The van der Waals surface area contributed by atoms with Crippen molar-refractivity contribution in [3.8, 4) is 11.3 Å². The van der Waals surface area contributed by atoms with Gasteiger partial charge in [-0.2, -0.15) is 5.10 Å². The van der Waals surface area contributed by atoms with Gasteiger partial charge in [-0.05, 0) is 25.5 Å². The molecule has 92 valence electrons. The van der Waals surface area contributed by atoms with Gasteiger partial charge in [-0.15, -0.1) is 0 Å². The molecule has 0 atom stereocenters. The van der Waals surface area contributed by atoms with Crippen molar-refractivity contribution in [1.82, 2.24) is 14.8 Å². The van der Waals surface area contributed by atoms with E-state index in [1.165, 1.54) is 10.9 Å². The van der Waals surface area contributed by atoms with Crippen LogP contribution in [0, 0.1) is 13.8 Å². The van der Waals surface area contributed by atoms with Gasteiger partial charge in [0.15, 0.2) is 0 Å². The third-order valence-electron chi connectivity index (χ3n) is 3.42. The van der Waals surface area contributed by atoms with Crippen molar-refractivity contribution in [3.63, 3.8) is 0 Å². The molecular weight excluding hydrogens is 224 g/mol. The van der Waals surface area contributed by atoms with Crippen LogP contribution in [0.25, 0.3) is 22.2 Å². The highest BCUT2D eigenvalue weighted by molar-refractivity contribution is 6.01. The fourth-order valence-corrected chi connectivity index (χ4v) is 2.61. The lowest BCUT2D eigenvalue weighted by molar-refractivity contribution is 0.776. The van der Waals surface area contributed by atoms with Crippen LogP contribution in [0.1, 0.15) is 11.3 Å². The first-order valence-corrected chi connectivity index (χ1v) is 5.95. The van der Waals surface area contributed by atoms with Crippen LogP contribution in [-0.4, -0.2) is 14.8 Å². The number of hydrogen-bond donors (Lipinski definition) is 2. The Morgan fingerprint density at radius 1 is 1.28 bits per heavy atom. The average Bonchev–Trinajstić information content (AvgIpc) is 2.80. The van der Waals surface area contributed by atoms with E-state index in [9.17, 15) is 0 Å². The Labute approximate surface area is 105 Å². The maximum Gasteiger partial charge on any atom is 0.0933 e. The van der Waals surface area contributed by atoms with E-state index < -0.39 is 0 Å². The quantitative estimate of drug-likeness (QED) is 0.687. The molecule has 0 saturated carbocycles. The zero-order valence-corrected chi connectivity index (χ0v) is 10.8. The summed E-state index contributed by atoms with van der Waals surface area (Å²) < 4.78 is 1.83. The van der Waals surface area contributed by atoms with E-state index in [1.807, 2.05) is 11.7 Å². The molecular formula is C14H16N4. The number of benzene rings is 1. The molecule has 1 aromatic carbocycles. The number of nitrogen functional groups attached to an aromatic ring is 1. The molecule has 0 fully saturated rings. The Kier molecular flexibility index (Phi) is 2.20. The molecule has 0 saturated heterocycles. The standard InChI is InChI=1S/C14H16N4/c1-8-5-4-6-11-12(8)13(9(2)17-11)14-10(15)7-16-18(14)3/h4-7,17H,15H2,1-3H3. The van der Waals surface area contributed by atoms with Crippen LogP contribution >= 0.6 is 0 Å². The molecule has 4 nitrogen and oxygen atoms in total. The number of hydrogen-bond acceptors (Lipinski definition) is 2. The Bertz CT molecular complexity index is 714. The van der Waals surface area contributed by atoms with E-state index in [0.717, 1.165) is 22.5 Å². The highest BCUT2D eigenvalue weighted by atomic mass is 15.3. The summed E-state index contributed by atoms with van der Waals surface area (Å²) in [4.78, 5) is 3.41. The fraction of sp³-hybridized carbons (Fsp3) is 0.214. The van der Waals surface area contributed by atoms with Gasteiger partial charge in [-0.3, -0.25) is 4.68 Å². The van der Waals surface area contributed by atoms with Crippen LogP contribution in [0.5, 0.6) is 0 Å². The molecule has 0 aliphatic rings. The topological polar surface area (TPSA) is 59.6 Å². The molecule has 3 aromatic rings. The van der Waals surface area contributed by atoms with E-state index in [0.29, 0.717) is 5.69 Å². The molecule has 0 spiro atoms. The highest BCUT2D eigenvalue weighted by Crippen LogP contribution is 2.36. The number of aryl methyl sites for hydroxylation is 3. The molecule has 0 unspecified atom stereocenters. The third-order valence-corrected chi connectivity index (χ3v) is 3.42. The first-order valence-electron chi connectivity index (χ1n) is 5.95. The molecule has 0 bridgehead atoms. The minimum absolute atomic E-state index is 0.713. The van der Waals surface area contributed by atoms with Gasteiger partial charge >= 0.3 is 0 Å². The molecule has 0 radical (unpaired) electrons. The molecule has 3 N–H and O–H groups in total. The van der Waals surface area contributed by atoms with E-state index in [-0.39, 0.29) is 0 Å². The van der Waals surface area contributed by atoms with E-state index in [1.54, 1.807) is 6.20 Å². The van der Waals surface area contributed by atoms with E-state index in [4.69, 9.17) is 5.73 Å². The Morgan fingerprint density at radius 3 is 2.72 bits per heavy atom. The number of aromatic nitrogens is 3. The molecule has 0 aliphatic carbocycles. The molecule has 3 rings (SSSR count). The van der Waals surface area contributed by atoms with Gasteiger partial charge in [0.1, 0.15) is 0 Å². The molecule has 0 aliphatic heterocycles. The summed E-state index contributed by atoms with van der Waals surface area (Å²) in [6.07, 6.45) is 1.70. The molecule has 2 heterocycles. The Hall–Kier alpha value is -2.23. The first kappa shape index (κ1) is 10.9. The normalized spacial score (nSPS) is 11.3. The minimum Gasteiger partial charge on any atom is -0.396 e. The summed E-state index contributed by atoms with van der Waals surface area (Å²) in [6.45, 7) is 4.19. The van der Waals surface area contributed by atoms with Crippen molar-refractivity contribution in [2.75, 3.05) is 5.73 Å². The van der Waals surface area contributed by atoms with Crippen LogP contribution < -0.4 is 5.73 Å². The van der Waals surface area contributed by atoms with Crippen LogP contribution in [-0.2, 0) is 7.05 Å². The smallest absolute Gasteiger partial charge is 0.0933 e. The summed E-state index contributed by atoms with van der Waals surface area (Å²) in [5.41, 5.74) is 12.4. The van der Waals surface area contributed by atoms with Crippen molar-refractivity contribution in [2.24, 2.45) is 7.05 Å². The van der Waals surface area contributed by atoms with Crippen molar-refractivity contribution >= 4 is 16.6 Å². The van der Waals surface area contributed by atoms with Crippen molar-refractivity contribution in [1.29, 1.82) is 0 Å². The lowest BCUT2D eigenvalue weighted by Crippen LogP contribution is -1.97. The monoisotopic (exact) mass is 240 g/mol. The summed E-state index contributed by atoms with van der Waals surface area (Å²) in [7, 11) is 1.92. The van der Waals surface area contributed by atoms with Crippen molar-refractivity contribution in [2.45, 2.75) is 13.8 Å². The molecule has 18 heavy (non-hydrogen) atoms.